The summed E-state index contributed by atoms with van der Waals surface area (Å²) in [6.07, 6.45) is 0.323. The Labute approximate surface area is 140 Å². The maximum atomic E-state index is 12.0. The van der Waals surface area contributed by atoms with Gasteiger partial charge in [-0.25, -0.2) is 4.98 Å². The minimum absolute atomic E-state index is 0.00124. The van der Waals surface area contributed by atoms with Gasteiger partial charge in [0.25, 0.3) is 0 Å². The number of carbonyl (C=O) groups excluding carboxylic acids is 1. The van der Waals surface area contributed by atoms with Gasteiger partial charge in [-0.15, -0.1) is 11.3 Å². The Morgan fingerprint density at radius 1 is 1.09 bits per heavy atom. The van der Waals surface area contributed by atoms with E-state index >= 15 is 0 Å². The molecule has 0 saturated carbocycles. The normalized spacial score (nSPS) is 10.5. The Bertz CT molecular complexity index is 779. The van der Waals surface area contributed by atoms with E-state index in [9.17, 15) is 4.79 Å². The summed E-state index contributed by atoms with van der Waals surface area (Å²) >= 11 is 1.53. The Kier molecular flexibility index (Phi) is 4.83. The molecule has 3 aromatic rings. The fourth-order valence-corrected chi connectivity index (χ4v) is 3.05. The van der Waals surface area contributed by atoms with E-state index in [1.807, 2.05) is 35.7 Å². The molecule has 0 atom stereocenters. The Hall–Kier alpha value is -2.46. The number of carbonyl (C=O) groups is 1. The van der Waals surface area contributed by atoms with Gasteiger partial charge in [-0.3, -0.25) is 4.79 Å². The number of benzene rings is 2. The quantitative estimate of drug-likeness (QED) is 0.772. The van der Waals surface area contributed by atoms with Crippen LogP contribution < -0.4 is 5.32 Å². The first-order chi connectivity index (χ1) is 11.2. The Morgan fingerprint density at radius 3 is 2.57 bits per heavy atom. The minimum atomic E-state index is -0.00124. The summed E-state index contributed by atoms with van der Waals surface area (Å²) in [5, 5.41) is 5.78. The third-order valence-corrected chi connectivity index (χ3v) is 4.39. The van der Waals surface area contributed by atoms with Crippen molar-refractivity contribution in [3.8, 4) is 11.3 Å². The molecule has 116 valence electrons. The number of hydrogen-bond acceptors (Lipinski definition) is 3. The fourth-order valence-electron chi connectivity index (χ4n) is 2.25. The Balaban J connectivity index is 1.58. The summed E-state index contributed by atoms with van der Waals surface area (Å²) in [5.41, 5.74) is 4.34. The minimum Gasteiger partial charge on any atom is -0.352 e. The van der Waals surface area contributed by atoms with E-state index in [-0.39, 0.29) is 5.91 Å². The molecule has 1 aromatic heterocycles. The SMILES string of the molecule is Cc1ccc(-c2csc(CC(=O)NCc3ccccc3)n2)cc1. The van der Waals surface area contributed by atoms with Crippen molar-refractivity contribution in [2.75, 3.05) is 0 Å². The zero-order valence-corrected chi connectivity index (χ0v) is 13.8. The maximum Gasteiger partial charge on any atom is 0.227 e. The first-order valence-corrected chi connectivity index (χ1v) is 8.41. The molecule has 0 aliphatic heterocycles. The zero-order valence-electron chi connectivity index (χ0n) is 13.0. The van der Waals surface area contributed by atoms with Crippen molar-refractivity contribution in [2.24, 2.45) is 0 Å². The molecule has 4 heteroatoms. The van der Waals surface area contributed by atoms with Crippen LogP contribution in [0.4, 0.5) is 0 Å². The highest BCUT2D eigenvalue weighted by atomic mass is 32.1. The molecule has 1 N–H and O–H groups in total. The van der Waals surface area contributed by atoms with Crippen LogP contribution in [-0.4, -0.2) is 10.9 Å². The van der Waals surface area contributed by atoms with Crippen LogP contribution in [0.3, 0.4) is 0 Å². The average molecular weight is 322 g/mol. The first kappa shape index (κ1) is 15.4. The molecule has 3 rings (SSSR count). The topological polar surface area (TPSA) is 42.0 Å². The highest BCUT2D eigenvalue weighted by Crippen LogP contribution is 2.22. The van der Waals surface area contributed by atoms with Gasteiger partial charge in [-0.1, -0.05) is 60.2 Å². The molecule has 0 bridgehead atoms. The summed E-state index contributed by atoms with van der Waals surface area (Å²) in [6.45, 7) is 2.61. The van der Waals surface area contributed by atoms with Gasteiger partial charge < -0.3 is 5.32 Å². The van der Waals surface area contributed by atoms with Gasteiger partial charge in [0.15, 0.2) is 0 Å². The second-order valence-electron chi connectivity index (χ2n) is 5.43. The number of aromatic nitrogens is 1. The van der Waals surface area contributed by atoms with Gasteiger partial charge in [0.2, 0.25) is 5.91 Å². The number of nitrogens with zero attached hydrogens (tertiary/aromatic N) is 1. The van der Waals surface area contributed by atoms with E-state index in [1.165, 1.54) is 16.9 Å². The van der Waals surface area contributed by atoms with Crippen molar-refractivity contribution >= 4 is 17.2 Å². The molecule has 0 aliphatic carbocycles. The van der Waals surface area contributed by atoms with Crippen molar-refractivity contribution in [3.63, 3.8) is 0 Å². The molecule has 2 aromatic carbocycles. The molecular weight excluding hydrogens is 304 g/mol. The second-order valence-corrected chi connectivity index (χ2v) is 6.37. The number of hydrogen-bond donors (Lipinski definition) is 1. The highest BCUT2D eigenvalue weighted by molar-refractivity contribution is 7.10. The number of aryl methyl sites for hydroxylation is 1. The van der Waals surface area contributed by atoms with E-state index in [0.717, 1.165) is 21.8 Å². The molecule has 0 unspecified atom stereocenters. The zero-order chi connectivity index (χ0) is 16.1. The number of nitrogens with one attached hydrogen (secondary N) is 1. The van der Waals surface area contributed by atoms with Crippen LogP contribution in [0.15, 0.2) is 60.0 Å². The van der Waals surface area contributed by atoms with Crippen molar-refractivity contribution < 1.29 is 4.79 Å². The van der Waals surface area contributed by atoms with E-state index in [4.69, 9.17) is 0 Å². The molecule has 23 heavy (non-hydrogen) atoms. The fraction of sp³-hybridized carbons (Fsp3) is 0.158. The number of rotatable bonds is 5. The van der Waals surface area contributed by atoms with Crippen molar-refractivity contribution in [1.82, 2.24) is 10.3 Å². The summed E-state index contributed by atoms with van der Waals surface area (Å²) in [4.78, 5) is 16.6. The van der Waals surface area contributed by atoms with Crippen molar-refractivity contribution in [1.29, 1.82) is 0 Å². The predicted molar refractivity (Wildman–Crippen MR) is 94.3 cm³/mol. The molecule has 0 fully saturated rings. The van der Waals surface area contributed by atoms with Crippen LogP contribution in [0.5, 0.6) is 0 Å². The van der Waals surface area contributed by atoms with Crippen LogP contribution in [0.1, 0.15) is 16.1 Å². The average Bonchev–Trinajstić information content (AvgIpc) is 3.03. The van der Waals surface area contributed by atoms with E-state index in [0.29, 0.717) is 13.0 Å². The predicted octanol–water partition coefficient (Wildman–Crippen LogP) is 3.98. The van der Waals surface area contributed by atoms with Gasteiger partial charge >= 0.3 is 0 Å². The second kappa shape index (κ2) is 7.20. The highest BCUT2D eigenvalue weighted by Gasteiger charge is 2.09. The smallest absolute Gasteiger partial charge is 0.227 e. The van der Waals surface area contributed by atoms with Crippen LogP contribution >= 0.6 is 11.3 Å². The molecule has 0 saturated heterocycles. The lowest BCUT2D eigenvalue weighted by atomic mass is 10.1. The third kappa shape index (κ3) is 4.27. The van der Waals surface area contributed by atoms with Crippen LogP contribution in [0, 0.1) is 6.92 Å². The van der Waals surface area contributed by atoms with E-state index < -0.39 is 0 Å². The standard InChI is InChI=1S/C19H18N2OS/c1-14-7-9-16(10-8-14)17-13-23-19(21-17)11-18(22)20-12-15-5-3-2-4-6-15/h2-10,13H,11-12H2,1H3,(H,20,22). The lowest BCUT2D eigenvalue weighted by molar-refractivity contribution is -0.120. The molecule has 1 amide bonds. The molecule has 0 spiro atoms. The monoisotopic (exact) mass is 322 g/mol. The van der Waals surface area contributed by atoms with Crippen molar-refractivity contribution in [3.05, 3.63) is 76.1 Å². The summed E-state index contributed by atoms with van der Waals surface area (Å²) in [7, 11) is 0. The van der Waals surface area contributed by atoms with E-state index in [2.05, 4.69) is 41.5 Å². The van der Waals surface area contributed by atoms with Crippen LogP contribution in [0.2, 0.25) is 0 Å². The van der Waals surface area contributed by atoms with Gasteiger partial charge in [0.1, 0.15) is 5.01 Å². The largest absolute Gasteiger partial charge is 0.352 e. The first-order valence-electron chi connectivity index (χ1n) is 7.53. The van der Waals surface area contributed by atoms with Gasteiger partial charge in [0, 0.05) is 17.5 Å². The maximum absolute atomic E-state index is 12.0. The van der Waals surface area contributed by atoms with Gasteiger partial charge in [0.05, 0.1) is 12.1 Å². The molecule has 0 radical (unpaired) electrons. The molecule has 0 aliphatic rings. The van der Waals surface area contributed by atoms with Crippen LogP contribution in [-0.2, 0) is 17.8 Å². The number of amides is 1. The lowest BCUT2D eigenvalue weighted by Gasteiger charge is -2.03. The molecule has 3 nitrogen and oxygen atoms in total. The van der Waals surface area contributed by atoms with E-state index in [1.54, 1.807) is 0 Å². The molecular formula is C19H18N2OS. The number of thiazole rings is 1. The third-order valence-electron chi connectivity index (χ3n) is 3.54. The van der Waals surface area contributed by atoms with Crippen LogP contribution in [0.25, 0.3) is 11.3 Å². The summed E-state index contributed by atoms with van der Waals surface area (Å²) in [6, 6.07) is 18.2. The summed E-state index contributed by atoms with van der Waals surface area (Å²) in [5.74, 6) is -0.00124. The van der Waals surface area contributed by atoms with Gasteiger partial charge in [-0.2, -0.15) is 0 Å². The molecule has 1 heterocycles. The lowest BCUT2D eigenvalue weighted by Crippen LogP contribution is -2.24. The summed E-state index contributed by atoms with van der Waals surface area (Å²) < 4.78 is 0. The Morgan fingerprint density at radius 2 is 1.83 bits per heavy atom. The van der Waals surface area contributed by atoms with Gasteiger partial charge in [-0.05, 0) is 12.5 Å². The van der Waals surface area contributed by atoms with Crippen molar-refractivity contribution in [2.45, 2.75) is 19.9 Å².